The second kappa shape index (κ2) is 5.48. The normalized spacial score (nSPS) is 11.2. The van der Waals surface area contributed by atoms with Gasteiger partial charge in [0.05, 0.1) is 11.3 Å². The standard InChI is InChI=1S/C12H17N5OS/c1-4-5-17-11(18)8(6-9(16-17)7(2)3)10-13-12(19)15-14-10/h6-7H,4-5H2,1-3H3,(H2,13,14,15,19). The number of aromatic amines is 2. The predicted octanol–water partition coefficient (Wildman–Crippen LogP) is 2.22. The molecule has 6 nitrogen and oxygen atoms in total. The maximum atomic E-state index is 12.3. The largest absolute Gasteiger partial charge is 0.281 e. The van der Waals surface area contributed by atoms with Crippen LogP contribution >= 0.6 is 12.2 Å². The van der Waals surface area contributed by atoms with E-state index in [2.05, 4.69) is 20.3 Å². The van der Waals surface area contributed by atoms with Crippen molar-refractivity contribution in [1.29, 1.82) is 0 Å². The first kappa shape index (κ1) is 13.7. The average molecular weight is 279 g/mol. The van der Waals surface area contributed by atoms with E-state index in [4.69, 9.17) is 12.2 Å². The van der Waals surface area contributed by atoms with Gasteiger partial charge in [0, 0.05) is 6.54 Å². The van der Waals surface area contributed by atoms with Crippen LogP contribution in [0, 0.1) is 4.77 Å². The third-order valence-electron chi connectivity index (χ3n) is 2.78. The molecule has 0 aromatic carbocycles. The Morgan fingerprint density at radius 1 is 1.42 bits per heavy atom. The Balaban J connectivity index is 2.65. The van der Waals surface area contributed by atoms with E-state index in [0.29, 0.717) is 22.7 Å². The Bertz CT molecular complexity index is 682. The van der Waals surface area contributed by atoms with Crippen LogP contribution in [0.4, 0.5) is 0 Å². The average Bonchev–Trinajstić information content (AvgIpc) is 2.78. The Kier molecular flexibility index (Phi) is 3.94. The van der Waals surface area contributed by atoms with Gasteiger partial charge in [-0.05, 0) is 30.6 Å². The van der Waals surface area contributed by atoms with Gasteiger partial charge in [-0.1, -0.05) is 20.8 Å². The van der Waals surface area contributed by atoms with E-state index in [-0.39, 0.29) is 11.5 Å². The molecule has 0 bridgehead atoms. The predicted molar refractivity (Wildman–Crippen MR) is 75.6 cm³/mol. The molecule has 2 rings (SSSR count). The van der Waals surface area contributed by atoms with Crippen molar-refractivity contribution in [2.75, 3.05) is 0 Å². The Labute approximate surface area is 115 Å². The summed E-state index contributed by atoms with van der Waals surface area (Å²) in [7, 11) is 0. The number of hydrogen-bond acceptors (Lipinski definition) is 4. The minimum atomic E-state index is -0.149. The maximum absolute atomic E-state index is 12.3. The lowest BCUT2D eigenvalue weighted by Crippen LogP contribution is -2.26. The quantitative estimate of drug-likeness (QED) is 0.841. The summed E-state index contributed by atoms with van der Waals surface area (Å²) in [5.41, 5.74) is 1.22. The van der Waals surface area contributed by atoms with Gasteiger partial charge in [0.1, 0.15) is 0 Å². The Hall–Kier alpha value is -1.76. The molecule has 2 aromatic heterocycles. The molecule has 2 aromatic rings. The van der Waals surface area contributed by atoms with Crippen LogP contribution in [0.2, 0.25) is 0 Å². The summed E-state index contributed by atoms with van der Waals surface area (Å²) in [4.78, 5) is 16.4. The van der Waals surface area contributed by atoms with Crippen LogP contribution in [0.1, 0.15) is 38.8 Å². The first-order chi connectivity index (χ1) is 9.02. The smallest absolute Gasteiger partial charge is 0.277 e. The molecule has 7 heteroatoms. The zero-order chi connectivity index (χ0) is 14.0. The molecule has 0 fully saturated rings. The van der Waals surface area contributed by atoms with Crippen LogP contribution in [0.25, 0.3) is 11.4 Å². The van der Waals surface area contributed by atoms with Gasteiger partial charge in [0.15, 0.2) is 5.82 Å². The molecule has 0 radical (unpaired) electrons. The maximum Gasteiger partial charge on any atom is 0.277 e. The third kappa shape index (κ3) is 2.81. The fourth-order valence-corrected chi connectivity index (χ4v) is 1.92. The highest BCUT2D eigenvalue weighted by atomic mass is 32.1. The highest BCUT2D eigenvalue weighted by Crippen LogP contribution is 2.16. The fourth-order valence-electron chi connectivity index (χ4n) is 1.78. The number of hydrogen-bond donors (Lipinski definition) is 2. The molecule has 0 unspecified atom stereocenters. The van der Waals surface area contributed by atoms with Gasteiger partial charge in [-0.2, -0.15) is 10.1 Å². The van der Waals surface area contributed by atoms with Gasteiger partial charge in [-0.3, -0.25) is 15.0 Å². The van der Waals surface area contributed by atoms with Crippen LogP contribution in [0.3, 0.4) is 0 Å². The van der Waals surface area contributed by atoms with Crippen molar-refractivity contribution >= 4 is 12.2 Å². The SMILES string of the molecule is CCCn1nc(C(C)C)cc(-c2nc(=S)[nH][nH]2)c1=O. The third-order valence-corrected chi connectivity index (χ3v) is 2.97. The van der Waals surface area contributed by atoms with Gasteiger partial charge in [-0.15, -0.1) is 0 Å². The lowest BCUT2D eigenvalue weighted by atomic mass is 10.1. The van der Waals surface area contributed by atoms with Gasteiger partial charge in [0.2, 0.25) is 4.77 Å². The Morgan fingerprint density at radius 3 is 2.68 bits per heavy atom. The molecule has 2 heterocycles. The van der Waals surface area contributed by atoms with E-state index in [1.165, 1.54) is 4.68 Å². The van der Waals surface area contributed by atoms with Gasteiger partial charge in [0.25, 0.3) is 5.56 Å². The molecular weight excluding hydrogens is 262 g/mol. The second-order valence-corrected chi connectivity index (χ2v) is 5.07. The molecule has 0 aliphatic carbocycles. The van der Waals surface area contributed by atoms with E-state index in [1.54, 1.807) is 6.07 Å². The van der Waals surface area contributed by atoms with Crippen molar-refractivity contribution < 1.29 is 0 Å². The molecule has 0 spiro atoms. The fraction of sp³-hybridized carbons (Fsp3) is 0.500. The lowest BCUT2D eigenvalue weighted by molar-refractivity contribution is 0.548. The van der Waals surface area contributed by atoms with Crippen molar-refractivity contribution in [3.05, 3.63) is 26.9 Å². The van der Waals surface area contributed by atoms with Crippen molar-refractivity contribution in [1.82, 2.24) is 25.0 Å². The number of H-pyrrole nitrogens is 2. The van der Waals surface area contributed by atoms with Crippen LogP contribution in [-0.2, 0) is 6.54 Å². The molecule has 0 aliphatic rings. The van der Waals surface area contributed by atoms with E-state index >= 15 is 0 Å². The summed E-state index contributed by atoms with van der Waals surface area (Å²) in [6.07, 6.45) is 0.852. The van der Waals surface area contributed by atoms with E-state index in [1.807, 2.05) is 20.8 Å². The van der Waals surface area contributed by atoms with E-state index in [9.17, 15) is 4.79 Å². The Morgan fingerprint density at radius 2 is 2.16 bits per heavy atom. The number of aryl methyl sites for hydroxylation is 1. The summed E-state index contributed by atoms with van der Waals surface area (Å²) in [6, 6.07) is 1.78. The molecule has 19 heavy (non-hydrogen) atoms. The highest BCUT2D eigenvalue weighted by molar-refractivity contribution is 7.71. The molecule has 0 amide bonds. The summed E-state index contributed by atoms with van der Waals surface area (Å²) >= 11 is 4.92. The van der Waals surface area contributed by atoms with Gasteiger partial charge < -0.3 is 0 Å². The number of rotatable bonds is 4. The number of nitrogens with one attached hydrogen (secondary N) is 2. The van der Waals surface area contributed by atoms with Gasteiger partial charge in [-0.25, -0.2) is 4.68 Å². The monoisotopic (exact) mass is 279 g/mol. The number of nitrogens with zero attached hydrogens (tertiary/aromatic N) is 3. The first-order valence-corrected chi connectivity index (χ1v) is 6.70. The molecule has 102 valence electrons. The summed E-state index contributed by atoms with van der Waals surface area (Å²) in [5.74, 6) is 0.702. The molecular formula is C12H17N5OS. The van der Waals surface area contributed by atoms with Crippen LogP contribution in [-0.4, -0.2) is 25.0 Å². The first-order valence-electron chi connectivity index (χ1n) is 6.30. The molecule has 0 saturated heterocycles. The molecule has 0 aliphatic heterocycles. The minimum Gasteiger partial charge on any atom is -0.281 e. The van der Waals surface area contributed by atoms with Crippen molar-refractivity contribution in [3.8, 4) is 11.4 Å². The van der Waals surface area contributed by atoms with Crippen LogP contribution < -0.4 is 5.56 Å². The minimum absolute atomic E-state index is 0.149. The lowest BCUT2D eigenvalue weighted by Gasteiger charge is -2.10. The molecule has 0 saturated carbocycles. The summed E-state index contributed by atoms with van der Waals surface area (Å²) in [6.45, 7) is 6.69. The molecule has 0 atom stereocenters. The number of aromatic nitrogens is 5. The van der Waals surface area contributed by atoms with E-state index < -0.39 is 0 Å². The molecule has 2 N–H and O–H groups in total. The highest BCUT2D eigenvalue weighted by Gasteiger charge is 2.14. The summed E-state index contributed by atoms with van der Waals surface area (Å²) < 4.78 is 1.83. The summed E-state index contributed by atoms with van der Waals surface area (Å²) in [5, 5.41) is 9.90. The van der Waals surface area contributed by atoms with Crippen molar-refractivity contribution in [2.45, 2.75) is 39.7 Å². The van der Waals surface area contributed by atoms with Crippen molar-refractivity contribution in [3.63, 3.8) is 0 Å². The van der Waals surface area contributed by atoms with Gasteiger partial charge >= 0.3 is 0 Å². The van der Waals surface area contributed by atoms with Crippen molar-refractivity contribution in [2.24, 2.45) is 0 Å². The zero-order valence-electron chi connectivity index (χ0n) is 11.2. The zero-order valence-corrected chi connectivity index (χ0v) is 12.0. The topological polar surface area (TPSA) is 79.4 Å². The van der Waals surface area contributed by atoms with Crippen LogP contribution in [0.15, 0.2) is 10.9 Å². The van der Waals surface area contributed by atoms with E-state index in [0.717, 1.165) is 12.1 Å². The van der Waals surface area contributed by atoms with Crippen LogP contribution in [0.5, 0.6) is 0 Å². The second-order valence-electron chi connectivity index (χ2n) is 4.68.